The van der Waals surface area contributed by atoms with Gasteiger partial charge in [-0.25, -0.2) is 0 Å². The zero-order valence-electron chi connectivity index (χ0n) is 6.34. The molecule has 0 bridgehead atoms. The van der Waals surface area contributed by atoms with Crippen molar-refractivity contribution in [1.29, 1.82) is 5.26 Å². The lowest BCUT2D eigenvalue weighted by molar-refractivity contribution is 0.107. The highest BCUT2D eigenvalue weighted by Gasteiger charge is 2.05. The third-order valence-corrected chi connectivity index (χ3v) is 1.62. The summed E-state index contributed by atoms with van der Waals surface area (Å²) in [6, 6.07) is 3.32. The lowest BCUT2D eigenvalue weighted by Gasteiger charge is -1.96. The fourth-order valence-electron chi connectivity index (χ4n) is 0.752. The van der Waals surface area contributed by atoms with Crippen molar-refractivity contribution >= 4 is 16.8 Å². The van der Waals surface area contributed by atoms with Gasteiger partial charge in [0, 0.05) is 6.20 Å². The number of hydrogen-bond acceptors (Lipinski definition) is 3. The highest BCUT2D eigenvalue weighted by molar-refractivity contribution is 6.67. The van der Waals surface area contributed by atoms with E-state index in [4.69, 9.17) is 16.9 Å². The molecule has 0 saturated carbocycles. The van der Waals surface area contributed by atoms with Gasteiger partial charge < -0.3 is 0 Å². The fraction of sp³-hybridized carbons (Fsp3) is 0.125. The molecule has 0 radical (unpaired) electrons. The van der Waals surface area contributed by atoms with Gasteiger partial charge >= 0.3 is 0 Å². The van der Waals surface area contributed by atoms with Crippen LogP contribution < -0.4 is 0 Å². The van der Waals surface area contributed by atoms with Crippen LogP contribution in [0.5, 0.6) is 0 Å². The van der Waals surface area contributed by atoms with E-state index in [1.807, 2.05) is 6.07 Å². The number of carbonyl (C=O) groups excluding carboxylic acids is 1. The monoisotopic (exact) mass is 180 g/mol. The minimum atomic E-state index is -0.647. The Hall–Kier alpha value is -1.40. The molecule has 12 heavy (non-hydrogen) atoms. The zero-order valence-corrected chi connectivity index (χ0v) is 7.09. The van der Waals surface area contributed by atoms with Crippen LogP contribution in [0.15, 0.2) is 12.3 Å². The Bertz CT molecular complexity index is 368. The van der Waals surface area contributed by atoms with Crippen LogP contribution in [0, 0.1) is 18.3 Å². The molecule has 0 spiro atoms. The van der Waals surface area contributed by atoms with Crippen molar-refractivity contribution in [2.45, 2.75) is 6.92 Å². The van der Waals surface area contributed by atoms with Crippen LogP contribution >= 0.6 is 11.6 Å². The highest BCUT2D eigenvalue weighted by atomic mass is 35.5. The molecule has 1 aromatic heterocycles. The number of carbonyl (C=O) groups is 1. The van der Waals surface area contributed by atoms with Gasteiger partial charge in [0.15, 0.2) is 0 Å². The van der Waals surface area contributed by atoms with Crippen LogP contribution in [0.25, 0.3) is 0 Å². The van der Waals surface area contributed by atoms with Gasteiger partial charge in [-0.1, -0.05) is 0 Å². The van der Waals surface area contributed by atoms with Gasteiger partial charge in [0.1, 0.15) is 5.69 Å². The largest absolute Gasteiger partial charge is 0.274 e. The molecule has 60 valence electrons. The molecule has 0 N–H and O–H groups in total. The van der Waals surface area contributed by atoms with E-state index in [0.717, 1.165) is 5.56 Å². The summed E-state index contributed by atoms with van der Waals surface area (Å²) < 4.78 is 0. The summed E-state index contributed by atoms with van der Waals surface area (Å²) in [5, 5.41) is 7.95. The Morgan fingerprint density at radius 1 is 1.75 bits per heavy atom. The van der Waals surface area contributed by atoms with Crippen LogP contribution in [0.2, 0.25) is 0 Å². The molecular formula is C8H5ClN2O. The molecule has 0 fully saturated rings. The zero-order chi connectivity index (χ0) is 9.14. The second-order valence-electron chi connectivity index (χ2n) is 2.27. The third-order valence-electron chi connectivity index (χ3n) is 1.43. The smallest absolute Gasteiger partial charge is 0.270 e. The number of aryl methyl sites for hydroxylation is 1. The maximum atomic E-state index is 10.6. The van der Waals surface area contributed by atoms with E-state index in [2.05, 4.69) is 4.98 Å². The number of pyridine rings is 1. The van der Waals surface area contributed by atoms with E-state index >= 15 is 0 Å². The molecule has 4 heteroatoms. The molecule has 0 aliphatic heterocycles. The van der Waals surface area contributed by atoms with Gasteiger partial charge in [0.2, 0.25) is 0 Å². The summed E-state index contributed by atoms with van der Waals surface area (Å²) in [7, 11) is 0. The number of halogens is 1. The molecule has 0 aliphatic carbocycles. The number of rotatable bonds is 1. The molecule has 0 amide bonds. The first-order chi connectivity index (χ1) is 5.65. The van der Waals surface area contributed by atoms with E-state index < -0.39 is 5.24 Å². The molecule has 0 atom stereocenters. The fourth-order valence-corrected chi connectivity index (χ4v) is 0.855. The highest BCUT2D eigenvalue weighted by Crippen LogP contribution is 2.08. The van der Waals surface area contributed by atoms with Gasteiger partial charge in [-0.05, 0) is 30.2 Å². The van der Waals surface area contributed by atoms with Gasteiger partial charge in [0.05, 0.1) is 11.6 Å². The maximum Gasteiger partial charge on any atom is 0.270 e. The molecule has 3 nitrogen and oxygen atoms in total. The number of hydrogen-bond donors (Lipinski definition) is 0. The van der Waals surface area contributed by atoms with Gasteiger partial charge in [0.25, 0.3) is 5.24 Å². The van der Waals surface area contributed by atoms with Gasteiger partial charge in [-0.15, -0.1) is 0 Å². The van der Waals surface area contributed by atoms with Crippen molar-refractivity contribution in [2.24, 2.45) is 0 Å². The molecule has 0 aromatic carbocycles. The number of nitrogens with zero attached hydrogens (tertiary/aromatic N) is 2. The van der Waals surface area contributed by atoms with E-state index in [-0.39, 0.29) is 5.69 Å². The average Bonchev–Trinajstić information content (AvgIpc) is 2.05. The Balaban J connectivity index is 3.25. The summed E-state index contributed by atoms with van der Waals surface area (Å²) in [5.41, 5.74) is 1.27. The second-order valence-corrected chi connectivity index (χ2v) is 2.61. The van der Waals surface area contributed by atoms with Crippen molar-refractivity contribution in [3.05, 3.63) is 29.1 Å². The van der Waals surface area contributed by atoms with Crippen molar-refractivity contribution < 1.29 is 4.79 Å². The normalized spacial score (nSPS) is 9.08. The first-order valence-corrected chi connectivity index (χ1v) is 3.59. The van der Waals surface area contributed by atoms with Gasteiger partial charge in [-0.2, -0.15) is 5.26 Å². The standard InChI is InChI=1S/C8H5ClN2O/c1-5-4-11-7(8(9)12)2-6(5)3-10/h2,4H,1H3. The van der Waals surface area contributed by atoms with Crippen molar-refractivity contribution in [1.82, 2.24) is 4.98 Å². The Morgan fingerprint density at radius 3 is 2.92 bits per heavy atom. The van der Waals surface area contributed by atoms with Crippen LogP contribution in [-0.4, -0.2) is 10.2 Å². The quantitative estimate of drug-likeness (QED) is 0.618. The van der Waals surface area contributed by atoms with Crippen molar-refractivity contribution in [2.75, 3.05) is 0 Å². The van der Waals surface area contributed by atoms with Gasteiger partial charge in [-0.3, -0.25) is 9.78 Å². The van der Waals surface area contributed by atoms with Crippen LogP contribution in [0.3, 0.4) is 0 Å². The summed E-state index contributed by atoms with van der Waals surface area (Å²) in [6.45, 7) is 1.74. The van der Waals surface area contributed by atoms with E-state index in [9.17, 15) is 4.79 Å². The molecule has 0 unspecified atom stereocenters. The first kappa shape index (κ1) is 8.69. The predicted molar refractivity (Wildman–Crippen MR) is 43.9 cm³/mol. The van der Waals surface area contributed by atoms with Crippen LogP contribution in [0.4, 0.5) is 0 Å². The summed E-state index contributed by atoms with van der Waals surface area (Å²) >= 11 is 5.17. The Morgan fingerprint density at radius 2 is 2.42 bits per heavy atom. The van der Waals surface area contributed by atoms with E-state index in [1.165, 1.54) is 12.3 Å². The van der Waals surface area contributed by atoms with Crippen LogP contribution in [0.1, 0.15) is 21.6 Å². The molecule has 1 heterocycles. The molecular weight excluding hydrogens is 176 g/mol. The lowest BCUT2D eigenvalue weighted by Crippen LogP contribution is -1.96. The molecule has 0 saturated heterocycles. The maximum absolute atomic E-state index is 10.6. The SMILES string of the molecule is Cc1cnc(C(=O)Cl)cc1C#N. The third kappa shape index (κ3) is 1.60. The van der Waals surface area contributed by atoms with E-state index in [1.54, 1.807) is 6.92 Å². The minimum Gasteiger partial charge on any atom is -0.274 e. The first-order valence-electron chi connectivity index (χ1n) is 3.21. The average molecular weight is 181 g/mol. The Kier molecular flexibility index (Phi) is 2.41. The topological polar surface area (TPSA) is 53.8 Å². The number of aromatic nitrogens is 1. The summed E-state index contributed by atoms with van der Waals surface area (Å²) in [4.78, 5) is 14.4. The number of nitriles is 1. The van der Waals surface area contributed by atoms with E-state index in [0.29, 0.717) is 5.56 Å². The summed E-state index contributed by atoms with van der Waals surface area (Å²) in [5.74, 6) is 0. The van der Waals surface area contributed by atoms with Crippen molar-refractivity contribution in [3.8, 4) is 6.07 Å². The molecule has 0 aliphatic rings. The van der Waals surface area contributed by atoms with Crippen molar-refractivity contribution in [3.63, 3.8) is 0 Å². The minimum absolute atomic E-state index is 0.110. The molecule has 1 rings (SSSR count). The predicted octanol–water partition coefficient (Wildman–Crippen LogP) is 1.64. The molecule has 1 aromatic rings. The second kappa shape index (κ2) is 3.33. The lowest BCUT2D eigenvalue weighted by atomic mass is 10.1. The Labute approximate surface area is 74.6 Å². The van der Waals surface area contributed by atoms with Crippen LogP contribution in [-0.2, 0) is 0 Å². The summed E-state index contributed by atoms with van der Waals surface area (Å²) in [6.07, 6.45) is 1.45.